The first-order valence-corrected chi connectivity index (χ1v) is 9.73. The van der Waals surface area contributed by atoms with E-state index in [2.05, 4.69) is 0 Å². The van der Waals surface area contributed by atoms with Gasteiger partial charge < -0.3 is 4.43 Å². The molecule has 0 fully saturated rings. The highest BCUT2D eigenvalue weighted by Gasteiger charge is 2.64. The predicted molar refractivity (Wildman–Crippen MR) is 84.2 cm³/mol. The van der Waals surface area contributed by atoms with E-state index in [0.29, 0.717) is 0 Å². The van der Waals surface area contributed by atoms with Crippen molar-refractivity contribution in [2.24, 2.45) is 0 Å². The van der Waals surface area contributed by atoms with E-state index in [-0.39, 0.29) is 16.6 Å². The molecule has 1 aliphatic rings. The van der Waals surface area contributed by atoms with Crippen molar-refractivity contribution < 1.29 is 22.4 Å². The molecule has 1 atom stereocenters. The maximum Gasteiger partial charge on any atom is 0.427 e. The Morgan fingerprint density at radius 3 is 1.77 bits per heavy atom. The Balaban J connectivity index is 3.49. The topological polar surface area (TPSA) is 26.3 Å². The summed E-state index contributed by atoms with van der Waals surface area (Å²) in [6.45, 7) is 11.4. The number of alkyl halides is 3. The Bertz CT molecular complexity index is 456. The van der Waals surface area contributed by atoms with Crippen molar-refractivity contribution >= 4 is 14.1 Å². The van der Waals surface area contributed by atoms with Crippen molar-refractivity contribution in [1.29, 1.82) is 0 Å². The summed E-state index contributed by atoms with van der Waals surface area (Å²) in [6, 6.07) is 0. The zero-order valence-corrected chi connectivity index (χ0v) is 15.0. The SMILES string of the molecule is CC(C)[Si](OC1(C(F)(F)F)C=CC=CC1=O)(C(C)C)C(C)C. The van der Waals surface area contributed by atoms with Crippen LogP contribution < -0.4 is 0 Å². The van der Waals surface area contributed by atoms with E-state index < -0.39 is 25.9 Å². The van der Waals surface area contributed by atoms with Crippen molar-refractivity contribution in [1.82, 2.24) is 0 Å². The van der Waals surface area contributed by atoms with Gasteiger partial charge in [0.25, 0.3) is 0 Å². The molecule has 6 heteroatoms. The van der Waals surface area contributed by atoms with Crippen LogP contribution >= 0.6 is 0 Å². The van der Waals surface area contributed by atoms with E-state index in [1.54, 1.807) is 0 Å². The molecule has 0 heterocycles. The van der Waals surface area contributed by atoms with Crippen molar-refractivity contribution in [3.05, 3.63) is 24.3 Å². The van der Waals surface area contributed by atoms with Crippen molar-refractivity contribution in [2.75, 3.05) is 0 Å². The normalized spacial score (nSPS) is 23.2. The van der Waals surface area contributed by atoms with Gasteiger partial charge in [-0.25, -0.2) is 0 Å². The van der Waals surface area contributed by atoms with Gasteiger partial charge in [-0.05, 0) is 28.8 Å². The highest BCUT2D eigenvalue weighted by Crippen LogP contribution is 2.49. The summed E-state index contributed by atoms with van der Waals surface area (Å²) in [5, 5.41) is 0. The van der Waals surface area contributed by atoms with Crippen LogP contribution in [0.2, 0.25) is 16.6 Å². The fraction of sp³-hybridized carbons (Fsp3) is 0.688. The first-order valence-electron chi connectivity index (χ1n) is 7.59. The maximum atomic E-state index is 13.8. The van der Waals surface area contributed by atoms with E-state index in [1.807, 2.05) is 41.5 Å². The van der Waals surface area contributed by atoms with E-state index in [1.165, 1.54) is 12.2 Å². The third-order valence-electron chi connectivity index (χ3n) is 4.52. The summed E-state index contributed by atoms with van der Waals surface area (Å²) in [4.78, 5) is 12.1. The Morgan fingerprint density at radius 1 is 1.00 bits per heavy atom. The minimum absolute atomic E-state index is 0.0427. The smallest absolute Gasteiger partial charge is 0.393 e. The molecule has 1 rings (SSSR count). The minimum Gasteiger partial charge on any atom is -0.393 e. The van der Waals surface area contributed by atoms with E-state index >= 15 is 0 Å². The van der Waals surface area contributed by atoms with Crippen LogP contribution in [-0.4, -0.2) is 25.9 Å². The zero-order valence-electron chi connectivity index (χ0n) is 14.0. The molecule has 0 N–H and O–H groups in total. The molecule has 126 valence electrons. The number of halogens is 3. The van der Waals surface area contributed by atoms with E-state index in [9.17, 15) is 18.0 Å². The highest BCUT2D eigenvalue weighted by atomic mass is 28.4. The monoisotopic (exact) mass is 334 g/mol. The number of ketones is 1. The fourth-order valence-corrected chi connectivity index (χ4v) is 9.10. The molecule has 22 heavy (non-hydrogen) atoms. The van der Waals surface area contributed by atoms with Gasteiger partial charge >= 0.3 is 6.18 Å². The molecule has 1 unspecified atom stereocenters. The van der Waals surface area contributed by atoms with Gasteiger partial charge in [0.15, 0.2) is 5.78 Å². The standard InChI is InChI=1S/C16H25F3O2Si/c1-11(2)22(12(3)4,13(5)6)21-15(16(17,18)19)10-8-7-9-14(15)20/h7-13H,1-6H3. The molecule has 0 bridgehead atoms. The second kappa shape index (κ2) is 6.32. The lowest BCUT2D eigenvalue weighted by molar-refractivity contribution is -0.226. The molecule has 0 spiro atoms. The van der Waals surface area contributed by atoms with Gasteiger partial charge in [0.2, 0.25) is 13.9 Å². The summed E-state index contributed by atoms with van der Waals surface area (Å²) in [5.74, 6) is -1.04. The number of hydrogen-bond donors (Lipinski definition) is 0. The molecule has 0 saturated heterocycles. The average molecular weight is 334 g/mol. The van der Waals surface area contributed by atoms with E-state index in [0.717, 1.165) is 12.2 Å². The lowest BCUT2D eigenvalue weighted by Crippen LogP contribution is -2.62. The maximum absolute atomic E-state index is 13.8. The average Bonchev–Trinajstić information content (AvgIpc) is 2.35. The number of hydrogen-bond acceptors (Lipinski definition) is 2. The quantitative estimate of drug-likeness (QED) is 0.648. The second-order valence-corrected chi connectivity index (χ2v) is 12.1. The molecule has 0 aromatic carbocycles. The minimum atomic E-state index is -4.78. The van der Waals surface area contributed by atoms with Gasteiger partial charge in [-0.2, -0.15) is 13.2 Å². The Labute approximate surface area is 131 Å². The Hall–Kier alpha value is -0.883. The van der Waals surface area contributed by atoms with Crippen molar-refractivity contribution in [3.63, 3.8) is 0 Å². The molecule has 0 aromatic rings. The van der Waals surface area contributed by atoms with Crippen LogP contribution in [0.15, 0.2) is 24.3 Å². The Morgan fingerprint density at radius 2 is 1.45 bits per heavy atom. The third-order valence-corrected chi connectivity index (χ3v) is 10.6. The fourth-order valence-electron chi connectivity index (χ4n) is 3.55. The summed E-state index contributed by atoms with van der Waals surface area (Å²) in [6.07, 6.45) is -0.395. The molecule has 0 radical (unpaired) electrons. The van der Waals surface area contributed by atoms with Gasteiger partial charge in [-0.1, -0.05) is 53.7 Å². The van der Waals surface area contributed by atoms with Crippen LogP contribution in [0.5, 0.6) is 0 Å². The molecule has 2 nitrogen and oxygen atoms in total. The number of carbonyl (C=O) groups excluding carboxylic acids is 1. The van der Waals surface area contributed by atoms with Gasteiger partial charge in [-0.15, -0.1) is 0 Å². The van der Waals surface area contributed by atoms with Crippen LogP contribution in [0, 0.1) is 0 Å². The molecular formula is C16H25F3O2Si. The van der Waals surface area contributed by atoms with Crippen molar-refractivity contribution in [2.45, 2.75) is 69.9 Å². The lowest BCUT2D eigenvalue weighted by atomic mass is 9.93. The first kappa shape index (κ1) is 19.2. The number of rotatable bonds is 5. The van der Waals surface area contributed by atoms with Crippen LogP contribution in [-0.2, 0) is 9.22 Å². The predicted octanol–water partition coefficient (Wildman–Crippen LogP) is 5.17. The molecule has 0 aliphatic heterocycles. The van der Waals surface area contributed by atoms with Gasteiger partial charge in [0.05, 0.1) is 0 Å². The highest BCUT2D eigenvalue weighted by molar-refractivity contribution is 6.78. The molecule has 0 saturated carbocycles. The molecular weight excluding hydrogens is 309 g/mol. The van der Waals surface area contributed by atoms with E-state index in [4.69, 9.17) is 4.43 Å². The largest absolute Gasteiger partial charge is 0.427 e. The number of carbonyl (C=O) groups is 1. The van der Waals surface area contributed by atoms with Gasteiger partial charge in [0, 0.05) is 0 Å². The van der Waals surface area contributed by atoms with Gasteiger partial charge in [-0.3, -0.25) is 4.79 Å². The third kappa shape index (κ3) is 2.95. The number of allylic oxidation sites excluding steroid dienone is 2. The molecule has 0 amide bonds. The second-order valence-electron chi connectivity index (χ2n) is 6.74. The summed E-state index contributed by atoms with van der Waals surface area (Å²) < 4.78 is 47.1. The molecule has 0 aromatic heterocycles. The lowest BCUT2D eigenvalue weighted by Gasteiger charge is -2.48. The molecule has 1 aliphatic carbocycles. The summed E-state index contributed by atoms with van der Waals surface area (Å²) >= 11 is 0. The van der Waals surface area contributed by atoms with Crippen LogP contribution in [0.25, 0.3) is 0 Å². The zero-order chi connectivity index (χ0) is 17.3. The Kier molecular flexibility index (Phi) is 5.50. The van der Waals surface area contributed by atoms with Crippen LogP contribution in [0.4, 0.5) is 13.2 Å². The first-order chi connectivity index (χ1) is 9.92. The van der Waals surface area contributed by atoms with Crippen molar-refractivity contribution in [3.8, 4) is 0 Å². The summed E-state index contributed by atoms with van der Waals surface area (Å²) in [7, 11) is -2.86. The van der Waals surface area contributed by atoms with Gasteiger partial charge in [0.1, 0.15) is 0 Å². The van der Waals surface area contributed by atoms with Crippen LogP contribution in [0.1, 0.15) is 41.5 Å². The summed E-state index contributed by atoms with van der Waals surface area (Å²) in [5.41, 5.74) is -2.97. The van der Waals surface area contributed by atoms with Crippen LogP contribution in [0.3, 0.4) is 0 Å².